The van der Waals surface area contributed by atoms with Gasteiger partial charge in [-0.1, -0.05) is 12.1 Å². The van der Waals surface area contributed by atoms with E-state index in [1.54, 1.807) is 7.11 Å². The summed E-state index contributed by atoms with van der Waals surface area (Å²) in [5, 5.41) is 7.45. The van der Waals surface area contributed by atoms with Crippen LogP contribution in [0.15, 0.2) is 35.1 Å². The fraction of sp³-hybridized carbons (Fsp3) is 0.273. The number of rotatable bonds is 4. The van der Waals surface area contributed by atoms with Crippen LogP contribution in [-0.4, -0.2) is 17.3 Å². The minimum Gasteiger partial charge on any atom is -0.497 e. The molecule has 15 heavy (non-hydrogen) atoms. The van der Waals surface area contributed by atoms with Gasteiger partial charge in [-0.2, -0.15) is 0 Å². The van der Waals surface area contributed by atoms with Crippen molar-refractivity contribution in [1.29, 1.82) is 0 Å². The summed E-state index contributed by atoms with van der Waals surface area (Å²) < 4.78 is 10.1. The van der Waals surface area contributed by atoms with Crippen molar-refractivity contribution in [2.24, 2.45) is 0 Å². The van der Waals surface area contributed by atoms with E-state index in [2.05, 4.69) is 10.2 Å². The third-order valence-corrected chi connectivity index (χ3v) is 2.19. The number of hydrogen-bond donors (Lipinski definition) is 0. The van der Waals surface area contributed by atoms with Crippen LogP contribution in [0.1, 0.15) is 11.5 Å². The maximum atomic E-state index is 5.08. The molecular formula is C11H12N2O2. The lowest BCUT2D eigenvalue weighted by Gasteiger charge is -2.01. The van der Waals surface area contributed by atoms with E-state index in [0.29, 0.717) is 5.89 Å². The first kappa shape index (κ1) is 9.71. The molecule has 0 aliphatic heterocycles. The van der Waals surface area contributed by atoms with E-state index in [0.717, 1.165) is 18.6 Å². The summed E-state index contributed by atoms with van der Waals surface area (Å²) in [6, 6.07) is 7.97. The van der Waals surface area contributed by atoms with Crippen molar-refractivity contribution in [3.63, 3.8) is 0 Å². The Hall–Kier alpha value is -1.84. The van der Waals surface area contributed by atoms with E-state index in [9.17, 15) is 0 Å². The number of benzene rings is 1. The molecule has 0 N–H and O–H groups in total. The van der Waals surface area contributed by atoms with Gasteiger partial charge in [0.05, 0.1) is 7.11 Å². The molecule has 0 fully saturated rings. The molecule has 4 heteroatoms. The van der Waals surface area contributed by atoms with Gasteiger partial charge < -0.3 is 9.15 Å². The normalized spacial score (nSPS) is 10.2. The third kappa shape index (κ3) is 2.56. The Morgan fingerprint density at radius 2 is 2.00 bits per heavy atom. The van der Waals surface area contributed by atoms with Crippen molar-refractivity contribution >= 4 is 0 Å². The molecule has 2 rings (SSSR count). The van der Waals surface area contributed by atoms with E-state index in [4.69, 9.17) is 9.15 Å². The van der Waals surface area contributed by atoms with Gasteiger partial charge in [-0.15, -0.1) is 10.2 Å². The maximum absolute atomic E-state index is 5.08. The first-order valence-corrected chi connectivity index (χ1v) is 4.76. The minimum absolute atomic E-state index is 0.672. The van der Waals surface area contributed by atoms with Crippen molar-refractivity contribution in [2.45, 2.75) is 12.8 Å². The second-order valence-corrected chi connectivity index (χ2v) is 3.18. The highest BCUT2D eigenvalue weighted by molar-refractivity contribution is 5.27. The van der Waals surface area contributed by atoms with Gasteiger partial charge in [0.2, 0.25) is 12.3 Å². The van der Waals surface area contributed by atoms with E-state index >= 15 is 0 Å². The maximum Gasteiger partial charge on any atom is 0.216 e. The predicted octanol–water partition coefficient (Wildman–Crippen LogP) is 1.86. The molecule has 0 aliphatic carbocycles. The van der Waals surface area contributed by atoms with Crippen molar-refractivity contribution in [3.05, 3.63) is 42.1 Å². The van der Waals surface area contributed by atoms with Gasteiger partial charge in [-0.25, -0.2) is 0 Å². The lowest BCUT2D eigenvalue weighted by atomic mass is 10.1. The van der Waals surface area contributed by atoms with Gasteiger partial charge in [0.15, 0.2) is 0 Å². The van der Waals surface area contributed by atoms with Crippen LogP contribution >= 0.6 is 0 Å². The molecule has 4 nitrogen and oxygen atoms in total. The Morgan fingerprint density at radius 1 is 1.20 bits per heavy atom. The zero-order valence-corrected chi connectivity index (χ0v) is 8.51. The summed E-state index contributed by atoms with van der Waals surface area (Å²) in [6.45, 7) is 0. The topological polar surface area (TPSA) is 48.2 Å². The molecule has 0 atom stereocenters. The molecule has 1 aromatic carbocycles. The summed E-state index contributed by atoms with van der Waals surface area (Å²) in [4.78, 5) is 0. The van der Waals surface area contributed by atoms with Gasteiger partial charge in [0.1, 0.15) is 5.75 Å². The Bertz CT molecular complexity index is 395. The molecule has 1 aromatic heterocycles. The van der Waals surface area contributed by atoms with Crippen LogP contribution in [0.2, 0.25) is 0 Å². The standard InChI is InChI=1S/C11H12N2O2/c1-14-10-5-2-9(3-6-10)4-7-11-13-12-8-15-11/h2-3,5-6,8H,4,7H2,1H3. The van der Waals surface area contributed by atoms with Crippen LogP contribution in [0, 0.1) is 0 Å². The average Bonchev–Trinajstić information content (AvgIpc) is 2.80. The van der Waals surface area contributed by atoms with Gasteiger partial charge in [0, 0.05) is 6.42 Å². The average molecular weight is 204 g/mol. The van der Waals surface area contributed by atoms with Crippen molar-refractivity contribution in [3.8, 4) is 5.75 Å². The highest BCUT2D eigenvalue weighted by atomic mass is 16.5. The first-order chi connectivity index (χ1) is 7.38. The Kier molecular flexibility index (Phi) is 2.97. The molecule has 78 valence electrons. The molecule has 0 saturated heterocycles. The van der Waals surface area contributed by atoms with Crippen molar-refractivity contribution in [2.75, 3.05) is 7.11 Å². The Morgan fingerprint density at radius 3 is 2.60 bits per heavy atom. The molecule has 2 aromatic rings. The number of hydrogen-bond acceptors (Lipinski definition) is 4. The fourth-order valence-corrected chi connectivity index (χ4v) is 1.35. The van der Waals surface area contributed by atoms with E-state index in [1.807, 2.05) is 24.3 Å². The van der Waals surface area contributed by atoms with Crippen LogP contribution in [0.3, 0.4) is 0 Å². The van der Waals surface area contributed by atoms with Crippen molar-refractivity contribution in [1.82, 2.24) is 10.2 Å². The third-order valence-electron chi connectivity index (χ3n) is 2.19. The minimum atomic E-state index is 0.672. The van der Waals surface area contributed by atoms with Crippen LogP contribution < -0.4 is 4.74 Å². The largest absolute Gasteiger partial charge is 0.497 e. The van der Waals surface area contributed by atoms with Gasteiger partial charge in [-0.05, 0) is 24.1 Å². The molecular weight excluding hydrogens is 192 g/mol. The van der Waals surface area contributed by atoms with Gasteiger partial charge in [-0.3, -0.25) is 0 Å². The van der Waals surface area contributed by atoms with E-state index in [-0.39, 0.29) is 0 Å². The number of nitrogens with zero attached hydrogens (tertiary/aromatic N) is 2. The predicted molar refractivity (Wildman–Crippen MR) is 54.7 cm³/mol. The lowest BCUT2D eigenvalue weighted by Crippen LogP contribution is -1.92. The Labute approximate surface area is 87.9 Å². The summed E-state index contributed by atoms with van der Waals surface area (Å²) in [5.74, 6) is 1.54. The lowest BCUT2D eigenvalue weighted by molar-refractivity contribution is 0.414. The smallest absolute Gasteiger partial charge is 0.216 e. The second-order valence-electron chi connectivity index (χ2n) is 3.18. The van der Waals surface area contributed by atoms with E-state index in [1.165, 1.54) is 12.0 Å². The Balaban J connectivity index is 1.93. The number of ether oxygens (including phenoxy) is 1. The number of aryl methyl sites for hydroxylation is 2. The zero-order valence-electron chi connectivity index (χ0n) is 8.51. The van der Waals surface area contributed by atoms with Crippen LogP contribution in [-0.2, 0) is 12.8 Å². The highest BCUT2D eigenvalue weighted by Gasteiger charge is 2.00. The zero-order chi connectivity index (χ0) is 10.5. The number of aromatic nitrogens is 2. The molecule has 0 aliphatic rings. The molecule has 0 bridgehead atoms. The van der Waals surface area contributed by atoms with Crippen molar-refractivity contribution < 1.29 is 9.15 Å². The quantitative estimate of drug-likeness (QED) is 0.762. The molecule has 0 spiro atoms. The second kappa shape index (κ2) is 4.59. The van der Waals surface area contributed by atoms with Crippen LogP contribution in [0.25, 0.3) is 0 Å². The molecule has 0 radical (unpaired) electrons. The summed E-state index contributed by atoms with van der Waals surface area (Å²) in [7, 11) is 1.66. The molecule has 1 heterocycles. The van der Waals surface area contributed by atoms with Gasteiger partial charge in [0.25, 0.3) is 0 Å². The summed E-state index contributed by atoms with van der Waals surface area (Å²) in [5.41, 5.74) is 1.23. The monoisotopic (exact) mass is 204 g/mol. The highest BCUT2D eigenvalue weighted by Crippen LogP contribution is 2.12. The molecule has 0 amide bonds. The summed E-state index contributed by atoms with van der Waals surface area (Å²) in [6.07, 6.45) is 3.02. The number of methoxy groups -OCH3 is 1. The summed E-state index contributed by atoms with van der Waals surface area (Å²) >= 11 is 0. The fourth-order valence-electron chi connectivity index (χ4n) is 1.35. The SMILES string of the molecule is COc1ccc(CCc2nnco2)cc1. The molecule has 0 unspecified atom stereocenters. The van der Waals surface area contributed by atoms with Crippen LogP contribution in [0.4, 0.5) is 0 Å². The van der Waals surface area contributed by atoms with Crippen LogP contribution in [0.5, 0.6) is 5.75 Å². The first-order valence-electron chi connectivity index (χ1n) is 4.76. The molecule has 0 saturated carbocycles. The van der Waals surface area contributed by atoms with Gasteiger partial charge >= 0.3 is 0 Å². The van der Waals surface area contributed by atoms with E-state index < -0.39 is 0 Å².